The average molecular weight is 299 g/mol. The van der Waals surface area contributed by atoms with Crippen molar-refractivity contribution in [2.75, 3.05) is 0 Å². The van der Waals surface area contributed by atoms with Gasteiger partial charge < -0.3 is 0 Å². The van der Waals surface area contributed by atoms with Gasteiger partial charge >= 0.3 is 0 Å². The molecule has 0 spiro atoms. The standard InChI is InChI=1S/C16H17N3OS/c1-11-4-5-14-13(7-11)8-15(21-14)16(20)19-18-10-12-3-2-6-17-9-12/h2-3,6,8-11H,4-5,7H2,1H3,(H,19,20)/b18-10+. The van der Waals surface area contributed by atoms with E-state index < -0.39 is 0 Å². The summed E-state index contributed by atoms with van der Waals surface area (Å²) in [6.45, 7) is 2.26. The van der Waals surface area contributed by atoms with Crippen LogP contribution >= 0.6 is 11.3 Å². The number of amides is 1. The van der Waals surface area contributed by atoms with Crippen LogP contribution in [-0.4, -0.2) is 17.1 Å². The second kappa shape index (κ2) is 6.18. The van der Waals surface area contributed by atoms with Crippen LogP contribution in [0.5, 0.6) is 0 Å². The van der Waals surface area contributed by atoms with Crippen LogP contribution in [0.3, 0.4) is 0 Å². The van der Waals surface area contributed by atoms with E-state index in [4.69, 9.17) is 0 Å². The molecule has 2 heterocycles. The van der Waals surface area contributed by atoms with Crippen LogP contribution in [0.1, 0.15) is 39.0 Å². The Balaban J connectivity index is 1.65. The van der Waals surface area contributed by atoms with Crippen LogP contribution in [-0.2, 0) is 12.8 Å². The summed E-state index contributed by atoms with van der Waals surface area (Å²) in [5.41, 5.74) is 4.77. The van der Waals surface area contributed by atoms with Crippen LogP contribution in [0.15, 0.2) is 35.7 Å². The molecule has 1 N–H and O–H groups in total. The number of nitrogens with zero attached hydrogens (tertiary/aromatic N) is 2. The minimum Gasteiger partial charge on any atom is -0.266 e. The van der Waals surface area contributed by atoms with Crippen molar-refractivity contribution in [2.24, 2.45) is 11.0 Å². The molecule has 0 bridgehead atoms. The Morgan fingerprint density at radius 2 is 2.48 bits per heavy atom. The van der Waals surface area contributed by atoms with E-state index in [0.29, 0.717) is 5.92 Å². The third-order valence-electron chi connectivity index (χ3n) is 3.62. The number of carbonyl (C=O) groups excluding carboxylic acids is 1. The third-order valence-corrected chi connectivity index (χ3v) is 4.85. The Morgan fingerprint density at radius 1 is 1.57 bits per heavy atom. The van der Waals surface area contributed by atoms with Gasteiger partial charge in [-0.05, 0) is 42.9 Å². The first-order valence-electron chi connectivity index (χ1n) is 7.07. The summed E-state index contributed by atoms with van der Waals surface area (Å²) >= 11 is 1.59. The molecule has 0 saturated carbocycles. The molecule has 0 fully saturated rings. The number of fused-ring (bicyclic) bond motifs is 1. The van der Waals surface area contributed by atoms with Crippen LogP contribution in [0.4, 0.5) is 0 Å². The highest BCUT2D eigenvalue weighted by atomic mass is 32.1. The van der Waals surface area contributed by atoms with Crippen LogP contribution in [0.2, 0.25) is 0 Å². The van der Waals surface area contributed by atoms with Gasteiger partial charge in [0, 0.05) is 22.8 Å². The number of thiophene rings is 1. The summed E-state index contributed by atoms with van der Waals surface area (Å²) in [6, 6.07) is 5.73. The predicted molar refractivity (Wildman–Crippen MR) is 84.8 cm³/mol. The van der Waals surface area contributed by atoms with Gasteiger partial charge in [-0.15, -0.1) is 11.3 Å². The molecule has 1 aliphatic rings. The van der Waals surface area contributed by atoms with E-state index in [1.54, 1.807) is 29.9 Å². The third kappa shape index (κ3) is 3.36. The van der Waals surface area contributed by atoms with E-state index in [1.165, 1.54) is 16.9 Å². The number of rotatable bonds is 3. The van der Waals surface area contributed by atoms with Crippen molar-refractivity contribution < 1.29 is 4.79 Å². The SMILES string of the molecule is CC1CCc2sc(C(=O)N/N=C/c3cccnc3)cc2C1. The Bertz CT molecular complexity index is 663. The first-order chi connectivity index (χ1) is 10.2. The molecule has 0 aromatic carbocycles. The van der Waals surface area contributed by atoms with Crippen molar-refractivity contribution in [3.05, 3.63) is 51.5 Å². The topological polar surface area (TPSA) is 54.4 Å². The second-order valence-corrected chi connectivity index (χ2v) is 6.53. The monoisotopic (exact) mass is 299 g/mol. The maximum absolute atomic E-state index is 12.1. The van der Waals surface area contributed by atoms with Crippen molar-refractivity contribution in [2.45, 2.75) is 26.2 Å². The smallest absolute Gasteiger partial charge is 0.266 e. The van der Waals surface area contributed by atoms with Crippen molar-refractivity contribution in [3.63, 3.8) is 0 Å². The molecule has 0 aliphatic heterocycles. The van der Waals surface area contributed by atoms with E-state index in [0.717, 1.165) is 23.3 Å². The molecular formula is C16H17N3OS. The van der Waals surface area contributed by atoms with Gasteiger partial charge in [0.1, 0.15) is 0 Å². The number of hydrogen-bond donors (Lipinski definition) is 1. The summed E-state index contributed by atoms with van der Waals surface area (Å²) < 4.78 is 0. The van der Waals surface area contributed by atoms with Gasteiger partial charge in [0.2, 0.25) is 0 Å². The lowest BCUT2D eigenvalue weighted by atomic mass is 9.90. The fourth-order valence-corrected chi connectivity index (χ4v) is 3.59. The molecular weight excluding hydrogens is 282 g/mol. The number of aromatic nitrogens is 1. The van der Waals surface area contributed by atoms with Gasteiger partial charge in [-0.2, -0.15) is 5.10 Å². The molecule has 0 saturated heterocycles. The van der Waals surface area contributed by atoms with E-state index in [1.807, 2.05) is 18.2 Å². The molecule has 21 heavy (non-hydrogen) atoms. The fraction of sp³-hybridized carbons (Fsp3) is 0.312. The van der Waals surface area contributed by atoms with Crippen molar-refractivity contribution in [1.82, 2.24) is 10.4 Å². The van der Waals surface area contributed by atoms with E-state index >= 15 is 0 Å². The number of hydrogen-bond acceptors (Lipinski definition) is 4. The first kappa shape index (κ1) is 13.9. The second-order valence-electron chi connectivity index (χ2n) is 5.39. The molecule has 1 atom stereocenters. The molecule has 2 aromatic rings. The largest absolute Gasteiger partial charge is 0.281 e. The maximum Gasteiger partial charge on any atom is 0.281 e. The van der Waals surface area contributed by atoms with E-state index in [-0.39, 0.29) is 5.91 Å². The molecule has 5 heteroatoms. The van der Waals surface area contributed by atoms with Gasteiger partial charge in [-0.1, -0.05) is 13.0 Å². The van der Waals surface area contributed by atoms with Gasteiger partial charge in [-0.3, -0.25) is 9.78 Å². The first-order valence-corrected chi connectivity index (χ1v) is 7.89. The Morgan fingerprint density at radius 3 is 3.29 bits per heavy atom. The van der Waals surface area contributed by atoms with E-state index in [9.17, 15) is 4.79 Å². The highest BCUT2D eigenvalue weighted by Gasteiger charge is 2.20. The minimum atomic E-state index is -0.137. The Labute approximate surface area is 127 Å². The van der Waals surface area contributed by atoms with Crippen molar-refractivity contribution >= 4 is 23.5 Å². The average Bonchev–Trinajstić information content (AvgIpc) is 2.91. The maximum atomic E-state index is 12.1. The van der Waals surface area contributed by atoms with Gasteiger partial charge in [0.25, 0.3) is 5.91 Å². The molecule has 2 aromatic heterocycles. The van der Waals surface area contributed by atoms with Gasteiger partial charge in [0.05, 0.1) is 11.1 Å². The zero-order valence-corrected chi connectivity index (χ0v) is 12.7. The Hall–Kier alpha value is -2.01. The number of aryl methyl sites for hydroxylation is 1. The van der Waals surface area contributed by atoms with E-state index in [2.05, 4.69) is 22.4 Å². The lowest BCUT2D eigenvalue weighted by molar-refractivity contribution is 0.0959. The minimum absolute atomic E-state index is 0.137. The molecule has 3 rings (SSSR count). The molecule has 4 nitrogen and oxygen atoms in total. The molecule has 1 aliphatic carbocycles. The van der Waals surface area contributed by atoms with Gasteiger partial charge in [-0.25, -0.2) is 5.43 Å². The molecule has 0 radical (unpaired) electrons. The highest BCUT2D eigenvalue weighted by Crippen LogP contribution is 2.32. The summed E-state index contributed by atoms with van der Waals surface area (Å²) in [5, 5.41) is 3.98. The lowest BCUT2D eigenvalue weighted by Gasteiger charge is -2.16. The van der Waals surface area contributed by atoms with Gasteiger partial charge in [0.15, 0.2) is 0 Å². The van der Waals surface area contributed by atoms with Crippen molar-refractivity contribution in [1.29, 1.82) is 0 Å². The number of nitrogens with one attached hydrogen (secondary N) is 1. The number of hydrazone groups is 1. The lowest BCUT2D eigenvalue weighted by Crippen LogP contribution is -2.16. The van der Waals surface area contributed by atoms with Crippen LogP contribution in [0.25, 0.3) is 0 Å². The molecule has 1 unspecified atom stereocenters. The fourth-order valence-electron chi connectivity index (χ4n) is 2.49. The van der Waals surface area contributed by atoms with Crippen LogP contribution < -0.4 is 5.43 Å². The zero-order valence-electron chi connectivity index (χ0n) is 11.9. The quantitative estimate of drug-likeness (QED) is 0.699. The molecule has 108 valence electrons. The molecule has 1 amide bonds. The summed E-state index contributed by atoms with van der Waals surface area (Å²) in [6.07, 6.45) is 8.38. The Kier molecular flexibility index (Phi) is 4.10. The van der Waals surface area contributed by atoms with Crippen molar-refractivity contribution in [3.8, 4) is 0 Å². The van der Waals surface area contributed by atoms with Crippen LogP contribution in [0, 0.1) is 5.92 Å². The number of pyridine rings is 1. The highest BCUT2D eigenvalue weighted by molar-refractivity contribution is 7.14. The zero-order chi connectivity index (χ0) is 14.7. The summed E-state index contributed by atoms with van der Waals surface area (Å²) in [7, 11) is 0. The summed E-state index contributed by atoms with van der Waals surface area (Å²) in [5.74, 6) is 0.578. The normalized spacial score (nSPS) is 17.7. The number of carbonyl (C=O) groups is 1. The predicted octanol–water partition coefficient (Wildman–Crippen LogP) is 3.03. The summed E-state index contributed by atoms with van der Waals surface area (Å²) in [4.78, 5) is 18.2.